The van der Waals surface area contributed by atoms with Crippen molar-refractivity contribution in [2.24, 2.45) is 10.7 Å². The van der Waals surface area contributed by atoms with E-state index in [1.165, 1.54) is 11.8 Å². The Morgan fingerprint density at radius 2 is 1.95 bits per heavy atom. The van der Waals surface area contributed by atoms with E-state index in [1.807, 2.05) is 36.4 Å². The van der Waals surface area contributed by atoms with Crippen LogP contribution in [0.3, 0.4) is 0 Å². The number of hydrogen-bond donors (Lipinski definition) is 3. The van der Waals surface area contributed by atoms with E-state index in [2.05, 4.69) is 65.9 Å². The van der Waals surface area contributed by atoms with Crippen LogP contribution in [0.4, 0.5) is 5.69 Å². The maximum atomic E-state index is 12.8. The molecule has 0 spiro atoms. The van der Waals surface area contributed by atoms with E-state index < -0.39 is 0 Å². The molecule has 41 heavy (non-hydrogen) atoms. The highest BCUT2D eigenvalue weighted by atomic mass is 16.5. The molecule has 1 atom stereocenters. The van der Waals surface area contributed by atoms with Gasteiger partial charge < -0.3 is 21.1 Å². The minimum atomic E-state index is -0.226. The van der Waals surface area contributed by atoms with Gasteiger partial charge in [-0.05, 0) is 87.5 Å². The molecule has 8 nitrogen and oxygen atoms in total. The van der Waals surface area contributed by atoms with Crippen LogP contribution in [0.5, 0.6) is 0 Å². The number of nitrogens with two attached hydrogens (primary N) is 1. The molecule has 0 radical (unpaired) electrons. The zero-order valence-electron chi connectivity index (χ0n) is 25.1. The van der Waals surface area contributed by atoms with Crippen LogP contribution in [-0.2, 0) is 11.3 Å². The molecule has 1 fully saturated rings. The third-order valence-electron chi connectivity index (χ3n) is 6.71. The number of carbonyl (C=O) groups excluding carboxylic acids is 1. The van der Waals surface area contributed by atoms with Crippen molar-refractivity contribution < 1.29 is 9.53 Å². The van der Waals surface area contributed by atoms with Gasteiger partial charge in [-0.3, -0.25) is 14.7 Å². The number of aromatic nitrogens is 1. The van der Waals surface area contributed by atoms with Crippen LogP contribution in [-0.4, -0.2) is 54.0 Å². The van der Waals surface area contributed by atoms with Crippen molar-refractivity contribution in [1.82, 2.24) is 15.2 Å². The van der Waals surface area contributed by atoms with Crippen LogP contribution >= 0.6 is 0 Å². The van der Waals surface area contributed by atoms with Gasteiger partial charge in [0.05, 0.1) is 0 Å². The first-order chi connectivity index (χ1) is 19.8. The van der Waals surface area contributed by atoms with E-state index in [9.17, 15) is 4.79 Å². The van der Waals surface area contributed by atoms with Gasteiger partial charge in [-0.2, -0.15) is 0 Å². The maximum Gasteiger partial charge on any atom is 0.274 e. The monoisotopic (exact) mass is 558 g/mol. The van der Waals surface area contributed by atoms with Crippen molar-refractivity contribution in [1.29, 1.82) is 0 Å². The zero-order chi connectivity index (χ0) is 29.6. The molecule has 8 heteroatoms. The number of amidine groups is 1. The quantitative estimate of drug-likeness (QED) is 0.314. The number of hydrogen-bond acceptors (Lipinski definition) is 6. The molecule has 1 aromatic heterocycles. The number of allylic oxidation sites excluding steroid dienone is 1. The lowest BCUT2D eigenvalue weighted by Crippen LogP contribution is -2.42. The SMILES string of the molecule is C=CN=C1NC(c2ccc(NC(=O)c3cc(CN4CCCC(N)C4)ccn3)cc2)=CC1=C(C)C.CCCOCCC. The third-order valence-corrected chi connectivity index (χ3v) is 6.71. The second-order valence-electron chi connectivity index (χ2n) is 10.6. The largest absolute Gasteiger partial charge is 0.381 e. The van der Waals surface area contributed by atoms with Gasteiger partial charge in [-0.1, -0.05) is 38.1 Å². The highest BCUT2D eigenvalue weighted by Gasteiger charge is 2.19. The number of aliphatic imine (C=N–C) groups is 1. The molecule has 1 amide bonds. The Morgan fingerprint density at radius 3 is 2.59 bits per heavy atom. The second kappa shape index (κ2) is 16.6. The Kier molecular flexibility index (Phi) is 12.9. The van der Waals surface area contributed by atoms with Gasteiger partial charge in [-0.15, -0.1) is 0 Å². The molecule has 4 rings (SSSR count). The molecule has 0 saturated carbocycles. The molecule has 1 unspecified atom stereocenters. The lowest BCUT2D eigenvalue weighted by molar-refractivity contribution is 0.102. The normalized spacial score (nSPS) is 17.8. The topological polar surface area (TPSA) is 105 Å². The Balaban J connectivity index is 0.000000587. The average Bonchev–Trinajstić information content (AvgIpc) is 3.39. The Labute approximate surface area is 245 Å². The molecule has 3 heterocycles. The number of likely N-dealkylation sites (tertiary alicyclic amines) is 1. The summed E-state index contributed by atoms with van der Waals surface area (Å²) in [5, 5.41) is 6.29. The van der Waals surface area contributed by atoms with E-state index >= 15 is 0 Å². The number of pyridine rings is 1. The number of amides is 1. The predicted octanol–water partition coefficient (Wildman–Crippen LogP) is 5.90. The molecule has 2 aliphatic rings. The predicted molar refractivity (Wildman–Crippen MR) is 170 cm³/mol. The highest BCUT2D eigenvalue weighted by Crippen LogP contribution is 2.25. The van der Waals surface area contributed by atoms with Gasteiger partial charge in [-0.25, -0.2) is 4.99 Å². The Hall–Kier alpha value is -3.59. The van der Waals surface area contributed by atoms with Crippen molar-refractivity contribution in [3.63, 3.8) is 0 Å². The van der Waals surface area contributed by atoms with Crippen LogP contribution in [0.15, 0.2) is 77.6 Å². The molecule has 2 aliphatic heterocycles. The zero-order valence-corrected chi connectivity index (χ0v) is 25.1. The fraction of sp³-hybridized carbons (Fsp3) is 0.424. The van der Waals surface area contributed by atoms with Gasteiger partial charge in [0.2, 0.25) is 0 Å². The maximum absolute atomic E-state index is 12.8. The minimum absolute atomic E-state index is 0.226. The number of carbonyl (C=O) groups is 1. The van der Waals surface area contributed by atoms with Crippen LogP contribution in [0, 0.1) is 0 Å². The summed E-state index contributed by atoms with van der Waals surface area (Å²) in [6.45, 7) is 16.6. The molecule has 0 bridgehead atoms. The van der Waals surface area contributed by atoms with Gasteiger partial charge >= 0.3 is 0 Å². The molecule has 0 aliphatic carbocycles. The minimum Gasteiger partial charge on any atom is -0.381 e. The lowest BCUT2D eigenvalue weighted by atomic mass is 10.1. The standard InChI is InChI=1S/C27H32N6O.C6H14O/c1-4-29-26-23(18(2)3)15-24(32-26)20-7-9-22(10-8-20)31-27(34)25-14-19(11-12-30-25)16-33-13-5-6-21(28)17-33;1-3-5-7-6-4-2/h4,7-12,14-15,21H,1,5-6,13,16-17,28H2,2-3H3,(H,29,32)(H,31,34);3-6H2,1-2H3. The van der Waals surface area contributed by atoms with Crippen molar-refractivity contribution in [3.05, 3.63) is 89.4 Å². The van der Waals surface area contributed by atoms with E-state index in [0.29, 0.717) is 11.4 Å². The summed E-state index contributed by atoms with van der Waals surface area (Å²) < 4.78 is 5.13. The molecular weight excluding hydrogens is 512 g/mol. The summed E-state index contributed by atoms with van der Waals surface area (Å²) >= 11 is 0. The van der Waals surface area contributed by atoms with Gasteiger partial charge in [0.25, 0.3) is 5.91 Å². The number of rotatable bonds is 10. The first kappa shape index (κ1) is 31.9. The number of piperidine rings is 1. The van der Waals surface area contributed by atoms with E-state index in [0.717, 1.165) is 86.8 Å². The smallest absolute Gasteiger partial charge is 0.274 e. The fourth-order valence-electron chi connectivity index (χ4n) is 4.68. The van der Waals surface area contributed by atoms with Crippen molar-refractivity contribution >= 4 is 23.1 Å². The molecule has 1 aromatic carbocycles. The lowest BCUT2D eigenvalue weighted by Gasteiger charge is -2.30. The summed E-state index contributed by atoms with van der Waals surface area (Å²) in [5.74, 6) is 0.565. The molecule has 1 saturated heterocycles. The molecular formula is C33H46N6O2. The summed E-state index contributed by atoms with van der Waals surface area (Å²) in [5.41, 5.74) is 12.5. The van der Waals surface area contributed by atoms with E-state index in [4.69, 9.17) is 10.5 Å². The number of benzene rings is 1. The first-order valence-electron chi connectivity index (χ1n) is 14.6. The first-order valence-corrected chi connectivity index (χ1v) is 14.6. The molecule has 2 aromatic rings. The average molecular weight is 559 g/mol. The summed E-state index contributed by atoms with van der Waals surface area (Å²) in [7, 11) is 0. The summed E-state index contributed by atoms with van der Waals surface area (Å²) in [6, 6.07) is 11.8. The summed E-state index contributed by atoms with van der Waals surface area (Å²) in [6.07, 6.45) is 9.77. The van der Waals surface area contributed by atoms with E-state index in [1.54, 1.807) is 6.20 Å². The molecule has 220 valence electrons. The second-order valence-corrected chi connectivity index (χ2v) is 10.6. The molecule has 4 N–H and O–H groups in total. The third kappa shape index (κ3) is 10.1. The summed E-state index contributed by atoms with van der Waals surface area (Å²) in [4.78, 5) is 23.8. The number of ether oxygens (including phenoxy) is 1. The van der Waals surface area contributed by atoms with Crippen LogP contribution in [0.1, 0.15) is 75.0 Å². The van der Waals surface area contributed by atoms with Crippen molar-refractivity contribution in [2.75, 3.05) is 31.6 Å². The van der Waals surface area contributed by atoms with Crippen molar-refractivity contribution in [2.45, 2.75) is 66.0 Å². The van der Waals surface area contributed by atoms with E-state index in [-0.39, 0.29) is 11.9 Å². The number of nitrogens with one attached hydrogen (secondary N) is 2. The van der Waals surface area contributed by atoms with Gasteiger partial charge in [0.1, 0.15) is 11.5 Å². The van der Waals surface area contributed by atoms with Crippen LogP contribution in [0.25, 0.3) is 5.70 Å². The number of anilines is 1. The Morgan fingerprint density at radius 1 is 1.22 bits per heavy atom. The fourth-order valence-corrected chi connectivity index (χ4v) is 4.68. The van der Waals surface area contributed by atoms with Gasteiger partial charge in [0, 0.05) is 61.7 Å². The van der Waals surface area contributed by atoms with Crippen LogP contribution < -0.4 is 16.4 Å². The highest BCUT2D eigenvalue weighted by molar-refractivity contribution is 6.12. The van der Waals surface area contributed by atoms with Crippen LogP contribution in [0.2, 0.25) is 0 Å². The number of nitrogens with zero attached hydrogens (tertiary/aromatic N) is 3. The van der Waals surface area contributed by atoms with Crippen molar-refractivity contribution in [3.8, 4) is 0 Å². The Bertz CT molecular complexity index is 1240. The van der Waals surface area contributed by atoms with Gasteiger partial charge in [0.15, 0.2) is 0 Å².